The molecule has 0 aromatic rings. The van der Waals surface area contributed by atoms with E-state index in [2.05, 4.69) is 13.8 Å². The van der Waals surface area contributed by atoms with Gasteiger partial charge in [0.15, 0.2) is 0 Å². The van der Waals surface area contributed by atoms with E-state index in [0.717, 1.165) is 44.7 Å². The fourth-order valence-electron chi connectivity index (χ4n) is 3.98. The molecule has 0 bridgehead atoms. The normalized spacial score (nSPS) is 24.9. The van der Waals surface area contributed by atoms with Gasteiger partial charge in [0, 0.05) is 25.6 Å². The van der Waals surface area contributed by atoms with Crippen LogP contribution in [0, 0.1) is 17.3 Å². The van der Waals surface area contributed by atoms with Gasteiger partial charge < -0.3 is 10.0 Å². The summed E-state index contributed by atoms with van der Waals surface area (Å²) >= 11 is 0. The molecule has 1 aliphatic carbocycles. The molecule has 3 nitrogen and oxygen atoms in total. The van der Waals surface area contributed by atoms with Crippen molar-refractivity contribution in [2.24, 2.45) is 17.3 Å². The highest BCUT2D eigenvalue weighted by Crippen LogP contribution is 2.35. The van der Waals surface area contributed by atoms with E-state index in [1.165, 1.54) is 25.7 Å². The van der Waals surface area contributed by atoms with Gasteiger partial charge >= 0.3 is 0 Å². The second-order valence-corrected chi connectivity index (χ2v) is 7.12. The van der Waals surface area contributed by atoms with E-state index >= 15 is 0 Å². The lowest BCUT2D eigenvalue weighted by Crippen LogP contribution is -2.46. The van der Waals surface area contributed by atoms with Gasteiger partial charge in [-0.05, 0) is 37.0 Å². The van der Waals surface area contributed by atoms with Gasteiger partial charge in [-0.25, -0.2) is 0 Å². The molecule has 0 spiro atoms. The number of hydrogen-bond acceptors (Lipinski definition) is 2. The van der Waals surface area contributed by atoms with Gasteiger partial charge in [-0.2, -0.15) is 0 Å². The Morgan fingerprint density at radius 2 is 1.90 bits per heavy atom. The molecule has 1 saturated carbocycles. The summed E-state index contributed by atoms with van der Waals surface area (Å²) < 4.78 is 0. The third-order valence-corrected chi connectivity index (χ3v) is 5.80. The second-order valence-electron chi connectivity index (χ2n) is 7.12. The first kappa shape index (κ1) is 15.8. The van der Waals surface area contributed by atoms with Gasteiger partial charge in [-0.3, -0.25) is 4.79 Å². The Morgan fingerprint density at radius 1 is 1.30 bits per heavy atom. The smallest absolute Gasteiger partial charge is 0.225 e. The molecule has 1 saturated heterocycles. The number of carbonyl (C=O) groups is 1. The maximum atomic E-state index is 12.5. The van der Waals surface area contributed by atoms with Gasteiger partial charge in [-0.1, -0.05) is 39.5 Å². The summed E-state index contributed by atoms with van der Waals surface area (Å²) in [5, 5.41) is 9.56. The Morgan fingerprint density at radius 3 is 2.40 bits per heavy atom. The number of likely N-dealkylation sites (tertiary alicyclic amines) is 1. The monoisotopic (exact) mass is 281 g/mol. The topological polar surface area (TPSA) is 40.5 Å². The zero-order chi connectivity index (χ0) is 14.6. The summed E-state index contributed by atoms with van der Waals surface area (Å²) in [4.78, 5) is 14.6. The number of rotatable bonds is 5. The average Bonchev–Trinajstić information content (AvgIpc) is 2.99. The van der Waals surface area contributed by atoms with E-state index in [4.69, 9.17) is 0 Å². The highest BCUT2D eigenvalue weighted by molar-refractivity contribution is 5.78. The number of piperidine rings is 1. The Bertz CT molecular complexity index is 309. The number of hydrogen-bond donors (Lipinski definition) is 1. The van der Waals surface area contributed by atoms with Crippen LogP contribution in [-0.4, -0.2) is 35.6 Å². The lowest BCUT2D eigenvalue weighted by molar-refractivity contribution is -0.138. The van der Waals surface area contributed by atoms with E-state index < -0.39 is 0 Å². The van der Waals surface area contributed by atoms with Crippen molar-refractivity contribution < 1.29 is 9.90 Å². The minimum atomic E-state index is 0.0749. The third kappa shape index (κ3) is 3.55. The molecular weight excluding hydrogens is 250 g/mol. The lowest BCUT2D eigenvalue weighted by atomic mass is 9.76. The summed E-state index contributed by atoms with van der Waals surface area (Å²) in [5.41, 5.74) is 0.0749. The van der Waals surface area contributed by atoms with Gasteiger partial charge in [-0.15, -0.1) is 0 Å². The lowest BCUT2D eigenvalue weighted by Gasteiger charge is -2.41. The first-order chi connectivity index (χ1) is 9.60. The van der Waals surface area contributed by atoms with Crippen molar-refractivity contribution in [1.29, 1.82) is 0 Å². The van der Waals surface area contributed by atoms with Crippen LogP contribution in [0.15, 0.2) is 0 Å². The molecule has 2 rings (SSSR count). The van der Waals surface area contributed by atoms with E-state index in [1.54, 1.807) is 0 Å². The molecule has 2 fully saturated rings. The Hall–Kier alpha value is -0.570. The maximum Gasteiger partial charge on any atom is 0.225 e. The van der Waals surface area contributed by atoms with Crippen molar-refractivity contribution in [2.45, 2.75) is 65.2 Å². The SMILES string of the molecule is CCC1(CO)CCN(C(=O)C(C)CC2CCCC2)CC1. The van der Waals surface area contributed by atoms with Gasteiger partial charge in [0.1, 0.15) is 0 Å². The predicted octanol–water partition coefficient (Wildman–Crippen LogP) is 3.21. The van der Waals surface area contributed by atoms with E-state index in [-0.39, 0.29) is 17.9 Å². The summed E-state index contributed by atoms with van der Waals surface area (Å²) in [6, 6.07) is 0. The molecule has 1 N–H and O–H groups in total. The minimum Gasteiger partial charge on any atom is -0.396 e. The van der Waals surface area contributed by atoms with Crippen molar-refractivity contribution in [3.8, 4) is 0 Å². The Balaban J connectivity index is 1.81. The van der Waals surface area contributed by atoms with E-state index in [0.29, 0.717) is 5.91 Å². The quantitative estimate of drug-likeness (QED) is 0.840. The Labute approximate surface area is 123 Å². The van der Waals surface area contributed by atoms with Crippen LogP contribution < -0.4 is 0 Å². The first-order valence-electron chi connectivity index (χ1n) is 8.50. The van der Waals surface area contributed by atoms with Crippen molar-refractivity contribution in [3.05, 3.63) is 0 Å². The maximum absolute atomic E-state index is 12.5. The second kappa shape index (κ2) is 6.93. The highest BCUT2D eigenvalue weighted by atomic mass is 16.3. The number of aliphatic hydroxyl groups is 1. The molecule has 1 atom stereocenters. The predicted molar refractivity (Wildman–Crippen MR) is 81.4 cm³/mol. The number of carbonyl (C=O) groups excluding carboxylic acids is 1. The standard InChI is InChI=1S/C17H31NO2/c1-3-17(13-19)8-10-18(11-9-17)16(20)14(2)12-15-6-4-5-7-15/h14-15,19H,3-13H2,1-2H3. The number of amides is 1. The molecule has 1 unspecified atom stereocenters. The summed E-state index contributed by atoms with van der Waals surface area (Å²) in [6.07, 6.45) is 9.36. The van der Waals surface area contributed by atoms with E-state index in [9.17, 15) is 9.90 Å². The molecule has 0 aromatic heterocycles. The largest absolute Gasteiger partial charge is 0.396 e. The molecule has 20 heavy (non-hydrogen) atoms. The molecule has 2 aliphatic rings. The van der Waals surface area contributed by atoms with Crippen molar-refractivity contribution in [3.63, 3.8) is 0 Å². The van der Waals surface area contributed by atoms with Gasteiger partial charge in [0.2, 0.25) is 5.91 Å². The molecular formula is C17H31NO2. The van der Waals surface area contributed by atoms with Crippen LogP contribution in [0.5, 0.6) is 0 Å². The van der Waals surface area contributed by atoms with Crippen molar-refractivity contribution in [1.82, 2.24) is 4.90 Å². The van der Waals surface area contributed by atoms with Gasteiger partial charge in [0.05, 0.1) is 0 Å². The highest BCUT2D eigenvalue weighted by Gasteiger charge is 2.35. The van der Waals surface area contributed by atoms with Crippen LogP contribution in [-0.2, 0) is 4.79 Å². The summed E-state index contributed by atoms with van der Waals surface area (Å²) in [5.74, 6) is 1.31. The zero-order valence-corrected chi connectivity index (χ0v) is 13.2. The molecule has 0 radical (unpaired) electrons. The Kier molecular flexibility index (Phi) is 5.48. The fourth-order valence-corrected chi connectivity index (χ4v) is 3.98. The minimum absolute atomic E-state index is 0.0749. The molecule has 1 heterocycles. The number of nitrogens with zero attached hydrogens (tertiary/aromatic N) is 1. The van der Waals surface area contributed by atoms with Crippen LogP contribution in [0.4, 0.5) is 0 Å². The van der Waals surface area contributed by atoms with Crippen LogP contribution in [0.25, 0.3) is 0 Å². The number of aliphatic hydroxyl groups excluding tert-OH is 1. The first-order valence-corrected chi connectivity index (χ1v) is 8.50. The van der Waals surface area contributed by atoms with Crippen LogP contribution >= 0.6 is 0 Å². The van der Waals surface area contributed by atoms with Crippen LogP contribution in [0.3, 0.4) is 0 Å². The van der Waals surface area contributed by atoms with Crippen molar-refractivity contribution in [2.75, 3.05) is 19.7 Å². The van der Waals surface area contributed by atoms with Crippen molar-refractivity contribution >= 4 is 5.91 Å². The molecule has 3 heteroatoms. The molecule has 116 valence electrons. The fraction of sp³-hybridized carbons (Fsp3) is 0.941. The molecule has 1 amide bonds. The third-order valence-electron chi connectivity index (χ3n) is 5.80. The van der Waals surface area contributed by atoms with E-state index in [1.807, 2.05) is 4.90 Å². The molecule has 1 aliphatic heterocycles. The van der Waals surface area contributed by atoms with Crippen LogP contribution in [0.1, 0.15) is 65.2 Å². The summed E-state index contributed by atoms with van der Waals surface area (Å²) in [6.45, 7) is 6.19. The van der Waals surface area contributed by atoms with Crippen LogP contribution in [0.2, 0.25) is 0 Å². The zero-order valence-electron chi connectivity index (χ0n) is 13.2. The van der Waals surface area contributed by atoms with Gasteiger partial charge in [0.25, 0.3) is 0 Å². The summed E-state index contributed by atoms with van der Waals surface area (Å²) in [7, 11) is 0. The molecule has 0 aromatic carbocycles. The average molecular weight is 281 g/mol.